The largest absolute Gasteiger partial charge is 0.433 e. The van der Waals surface area contributed by atoms with Crippen LogP contribution >= 0.6 is 35.0 Å². The maximum atomic E-state index is 12.9. The fourth-order valence-electron chi connectivity index (χ4n) is 2.98. The minimum Gasteiger partial charge on any atom is -0.287 e. The number of hydrogen-bond donors (Lipinski definition) is 0. The van der Waals surface area contributed by atoms with Crippen LogP contribution in [0.5, 0.6) is 0 Å². The van der Waals surface area contributed by atoms with Crippen molar-refractivity contribution >= 4 is 35.0 Å². The Hall–Kier alpha value is -1.18. The molecule has 9 heteroatoms. The molecule has 0 N–H and O–H groups in total. The van der Waals surface area contributed by atoms with Crippen LogP contribution in [0.2, 0.25) is 10.0 Å². The van der Waals surface area contributed by atoms with E-state index < -0.39 is 17.3 Å². The van der Waals surface area contributed by atoms with E-state index in [1.165, 1.54) is 6.07 Å². The third kappa shape index (κ3) is 4.05. The zero-order chi connectivity index (χ0) is 19.1. The van der Waals surface area contributed by atoms with Crippen molar-refractivity contribution < 1.29 is 13.2 Å². The van der Waals surface area contributed by atoms with Crippen LogP contribution in [0.25, 0.3) is 11.3 Å². The summed E-state index contributed by atoms with van der Waals surface area (Å²) in [7, 11) is 1.14. The Kier molecular flexibility index (Phi) is 5.61. The number of aryl methyl sites for hydroxylation is 1. The van der Waals surface area contributed by atoms with Gasteiger partial charge in [0.1, 0.15) is 11.4 Å². The van der Waals surface area contributed by atoms with E-state index >= 15 is 0 Å². The maximum Gasteiger partial charge on any atom is 0.433 e. The van der Waals surface area contributed by atoms with Gasteiger partial charge in [-0.2, -0.15) is 18.3 Å². The summed E-state index contributed by atoms with van der Waals surface area (Å²) in [6.45, 7) is 0. The molecule has 0 bridgehead atoms. The van der Waals surface area contributed by atoms with Gasteiger partial charge in [-0.05, 0) is 25.0 Å². The molecule has 3 rings (SSSR count). The first kappa shape index (κ1) is 19.6. The molecule has 1 saturated carbocycles. The predicted molar refractivity (Wildman–Crippen MR) is 98.0 cm³/mol. The van der Waals surface area contributed by atoms with Gasteiger partial charge in [-0.15, -0.1) is 11.8 Å². The van der Waals surface area contributed by atoms with E-state index in [1.54, 1.807) is 17.8 Å². The van der Waals surface area contributed by atoms with E-state index in [1.807, 2.05) is 0 Å². The van der Waals surface area contributed by atoms with Crippen molar-refractivity contribution in [1.29, 1.82) is 0 Å². The number of hydrogen-bond acceptors (Lipinski definition) is 3. The zero-order valence-corrected chi connectivity index (χ0v) is 16.1. The van der Waals surface area contributed by atoms with Crippen LogP contribution in [0.3, 0.4) is 0 Å². The number of thioether (sulfide) groups is 1. The molecule has 2 aromatic rings. The van der Waals surface area contributed by atoms with Crippen LogP contribution in [0.1, 0.15) is 31.4 Å². The standard InChI is InChI=1S/C17H15Cl2F3N2OS/c1-24-15(17(20,21)22)8-13(25)16(23-24)10-6-14(12(19)7-11(10)18)26-9-4-2-3-5-9/h6-9H,2-5H2,1H3. The fraction of sp³-hybridized carbons (Fsp3) is 0.412. The molecule has 0 aliphatic heterocycles. The second kappa shape index (κ2) is 7.44. The minimum atomic E-state index is -4.66. The van der Waals surface area contributed by atoms with Gasteiger partial charge < -0.3 is 0 Å². The molecule has 0 atom stereocenters. The van der Waals surface area contributed by atoms with Crippen molar-refractivity contribution in [2.45, 2.75) is 42.0 Å². The molecular formula is C17H15Cl2F3N2OS. The molecule has 1 aromatic carbocycles. The SMILES string of the molecule is Cn1nc(-c2cc(SC3CCCC3)c(Cl)cc2Cl)c(=O)cc1C(F)(F)F. The Morgan fingerprint density at radius 2 is 1.81 bits per heavy atom. The van der Waals surface area contributed by atoms with E-state index in [-0.39, 0.29) is 16.3 Å². The summed E-state index contributed by atoms with van der Waals surface area (Å²) in [5.41, 5.74) is -1.80. The number of nitrogens with zero attached hydrogens (tertiary/aromatic N) is 2. The van der Waals surface area contributed by atoms with Crippen molar-refractivity contribution in [2.24, 2.45) is 7.05 Å². The highest BCUT2D eigenvalue weighted by atomic mass is 35.5. The lowest BCUT2D eigenvalue weighted by Crippen LogP contribution is -2.22. The lowest BCUT2D eigenvalue weighted by atomic mass is 10.1. The van der Waals surface area contributed by atoms with Gasteiger partial charge in [0.25, 0.3) is 0 Å². The molecule has 1 fully saturated rings. The summed E-state index contributed by atoms with van der Waals surface area (Å²) in [4.78, 5) is 13.0. The van der Waals surface area contributed by atoms with E-state index in [2.05, 4.69) is 5.10 Å². The summed E-state index contributed by atoms with van der Waals surface area (Å²) < 4.78 is 39.5. The Morgan fingerprint density at radius 1 is 1.15 bits per heavy atom. The molecule has 0 radical (unpaired) electrons. The smallest absolute Gasteiger partial charge is 0.287 e. The molecule has 1 aromatic heterocycles. The first-order valence-electron chi connectivity index (χ1n) is 7.98. The molecule has 0 saturated heterocycles. The third-order valence-corrected chi connectivity index (χ3v) is 6.40. The first-order chi connectivity index (χ1) is 12.2. The molecular weight excluding hydrogens is 408 g/mol. The molecule has 0 spiro atoms. The number of aromatic nitrogens is 2. The molecule has 1 heterocycles. The maximum absolute atomic E-state index is 12.9. The summed E-state index contributed by atoms with van der Waals surface area (Å²) in [6, 6.07) is 3.69. The second-order valence-corrected chi connectivity index (χ2v) is 8.31. The lowest BCUT2D eigenvalue weighted by molar-refractivity contribution is -0.144. The number of alkyl halides is 3. The molecule has 1 aliphatic rings. The highest BCUT2D eigenvalue weighted by Gasteiger charge is 2.34. The van der Waals surface area contributed by atoms with Crippen molar-refractivity contribution in [3.05, 3.63) is 44.2 Å². The van der Waals surface area contributed by atoms with Gasteiger partial charge in [0.05, 0.1) is 10.0 Å². The summed E-state index contributed by atoms with van der Waals surface area (Å²) in [5, 5.41) is 4.89. The molecule has 140 valence electrons. The molecule has 0 amide bonds. The van der Waals surface area contributed by atoms with Gasteiger partial charge in [-0.3, -0.25) is 9.48 Å². The fourth-order valence-corrected chi connectivity index (χ4v) is 4.87. The van der Waals surface area contributed by atoms with Crippen molar-refractivity contribution in [1.82, 2.24) is 9.78 Å². The highest BCUT2D eigenvalue weighted by molar-refractivity contribution is 8.00. The molecule has 1 aliphatic carbocycles. The van der Waals surface area contributed by atoms with Crippen molar-refractivity contribution in [3.8, 4) is 11.3 Å². The normalized spacial score (nSPS) is 15.6. The van der Waals surface area contributed by atoms with Gasteiger partial charge in [-0.1, -0.05) is 36.0 Å². The second-order valence-electron chi connectivity index (χ2n) is 6.15. The van der Waals surface area contributed by atoms with Gasteiger partial charge in [0.15, 0.2) is 0 Å². The predicted octanol–water partition coefficient (Wildman–Crippen LogP) is 5.81. The van der Waals surface area contributed by atoms with Crippen LogP contribution in [-0.2, 0) is 13.2 Å². The number of benzene rings is 1. The molecule has 3 nitrogen and oxygen atoms in total. The average molecular weight is 423 g/mol. The van der Waals surface area contributed by atoms with E-state index in [0.717, 1.165) is 37.6 Å². The topological polar surface area (TPSA) is 34.9 Å². The van der Waals surface area contributed by atoms with Crippen molar-refractivity contribution in [3.63, 3.8) is 0 Å². The Labute approximate surface area is 162 Å². The van der Waals surface area contributed by atoms with Gasteiger partial charge >= 0.3 is 6.18 Å². The van der Waals surface area contributed by atoms with Crippen LogP contribution in [0.15, 0.2) is 27.9 Å². The average Bonchev–Trinajstić information content (AvgIpc) is 3.04. The third-order valence-electron chi connectivity index (χ3n) is 4.26. The summed E-state index contributed by atoms with van der Waals surface area (Å²) in [6.07, 6.45) is -0.168. The van der Waals surface area contributed by atoms with Crippen LogP contribution in [0.4, 0.5) is 13.2 Å². The Balaban J connectivity index is 2.06. The quantitative estimate of drug-likeness (QED) is 0.625. The lowest BCUT2D eigenvalue weighted by Gasteiger charge is -2.15. The first-order valence-corrected chi connectivity index (χ1v) is 9.62. The van der Waals surface area contributed by atoms with Crippen molar-refractivity contribution in [2.75, 3.05) is 0 Å². The van der Waals surface area contributed by atoms with Gasteiger partial charge in [-0.25, -0.2) is 0 Å². The summed E-state index contributed by atoms with van der Waals surface area (Å²) in [5.74, 6) is 0. The van der Waals surface area contributed by atoms with E-state index in [0.29, 0.717) is 21.0 Å². The minimum absolute atomic E-state index is 0.129. The Morgan fingerprint density at radius 3 is 2.42 bits per heavy atom. The number of rotatable bonds is 3. The summed E-state index contributed by atoms with van der Waals surface area (Å²) >= 11 is 14.1. The Bertz CT molecular complexity index is 893. The van der Waals surface area contributed by atoms with Crippen LogP contribution in [0, 0.1) is 0 Å². The molecule has 26 heavy (non-hydrogen) atoms. The van der Waals surface area contributed by atoms with E-state index in [4.69, 9.17) is 23.2 Å². The van der Waals surface area contributed by atoms with Gasteiger partial charge in [0.2, 0.25) is 5.43 Å². The van der Waals surface area contributed by atoms with E-state index in [9.17, 15) is 18.0 Å². The van der Waals surface area contributed by atoms with Gasteiger partial charge in [0, 0.05) is 28.8 Å². The highest BCUT2D eigenvalue weighted by Crippen LogP contribution is 2.41. The monoisotopic (exact) mass is 422 g/mol. The van der Waals surface area contributed by atoms with Crippen LogP contribution in [-0.4, -0.2) is 15.0 Å². The van der Waals surface area contributed by atoms with Crippen LogP contribution < -0.4 is 5.43 Å². The number of halogens is 5. The molecule has 0 unspecified atom stereocenters. The zero-order valence-electron chi connectivity index (χ0n) is 13.7.